The molecular formula is C46H28. The fraction of sp³-hybridized carbons (Fsp3) is 0. The average molecular weight is 581 g/mol. The third-order valence-corrected chi connectivity index (χ3v) is 9.96. The van der Waals surface area contributed by atoms with Gasteiger partial charge in [-0.15, -0.1) is 0 Å². The molecule has 212 valence electrons. The van der Waals surface area contributed by atoms with Crippen LogP contribution in [-0.4, -0.2) is 0 Å². The van der Waals surface area contributed by atoms with Crippen molar-refractivity contribution in [3.63, 3.8) is 0 Å². The maximum absolute atomic E-state index is 2.38. The first-order valence-electron chi connectivity index (χ1n) is 16.0. The highest BCUT2D eigenvalue weighted by molar-refractivity contribution is 6.22. The van der Waals surface area contributed by atoms with Gasteiger partial charge in [0.1, 0.15) is 0 Å². The molecule has 0 amide bonds. The summed E-state index contributed by atoms with van der Waals surface area (Å²) in [6.45, 7) is 0. The van der Waals surface area contributed by atoms with Crippen LogP contribution in [0.1, 0.15) is 0 Å². The first kappa shape index (κ1) is 25.4. The standard InChI is InChI=1S/C46H28/c1-2-11-32-26-34(25-22-29(32)10-1)45-41-17-7-5-15-39(41)44(40-16-6-8-18-42(40)45)31-23-20-30(21-24-31)35-27-33-12-9-19-38-36-13-3-4-14-37(36)43(28-35)46(33)38/h1-28H. The fourth-order valence-electron chi connectivity index (χ4n) is 7.91. The minimum atomic E-state index is 1.23. The van der Waals surface area contributed by atoms with Crippen molar-refractivity contribution in [2.24, 2.45) is 0 Å². The number of hydrogen-bond acceptors (Lipinski definition) is 0. The zero-order chi connectivity index (χ0) is 30.2. The van der Waals surface area contributed by atoms with Gasteiger partial charge in [0.05, 0.1) is 0 Å². The summed E-state index contributed by atoms with van der Waals surface area (Å²) in [5.74, 6) is 0. The second-order valence-electron chi connectivity index (χ2n) is 12.5. The molecule has 10 rings (SSSR count). The average Bonchev–Trinajstić information content (AvgIpc) is 3.45. The fourth-order valence-corrected chi connectivity index (χ4v) is 7.91. The van der Waals surface area contributed by atoms with Gasteiger partial charge in [0.15, 0.2) is 0 Å². The lowest BCUT2D eigenvalue weighted by atomic mass is 9.85. The van der Waals surface area contributed by atoms with E-state index < -0.39 is 0 Å². The van der Waals surface area contributed by atoms with Gasteiger partial charge in [-0.2, -0.15) is 0 Å². The summed E-state index contributed by atoms with van der Waals surface area (Å²) in [6, 6.07) is 62.8. The van der Waals surface area contributed by atoms with Gasteiger partial charge in [-0.1, -0.05) is 152 Å². The largest absolute Gasteiger partial charge is 0.0616 e. The highest BCUT2D eigenvalue weighted by Gasteiger charge is 2.22. The van der Waals surface area contributed by atoms with Crippen LogP contribution in [0.15, 0.2) is 170 Å². The summed E-state index contributed by atoms with van der Waals surface area (Å²) < 4.78 is 0. The molecule has 1 aliphatic carbocycles. The van der Waals surface area contributed by atoms with Crippen molar-refractivity contribution in [2.45, 2.75) is 0 Å². The van der Waals surface area contributed by atoms with Crippen molar-refractivity contribution in [2.75, 3.05) is 0 Å². The quantitative estimate of drug-likeness (QED) is 0.182. The van der Waals surface area contributed by atoms with Crippen molar-refractivity contribution in [1.82, 2.24) is 0 Å². The molecule has 0 unspecified atom stereocenters. The zero-order valence-electron chi connectivity index (χ0n) is 25.2. The Hall–Kier alpha value is -5.98. The Morgan fingerprint density at radius 3 is 1.41 bits per heavy atom. The van der Waals surface area contributed by atoms with Crippen LogP contribution >= 0.6 is 0 Å². The SMILES string of the molecule is c1ccc2c(c1)-c1cccc3cc(-c4ccc(-c5c6ccccc6c(-c6ccc7ccccc7c6)c6ccccc56)cc4)cc-2c13. The van der Waals surface area contributed by atoms with Crippen LogP contribution < -0.4 is 0 Å². The molecule has 0 aliphatic heterocycles. The molecule has 0 radical (unpaired) electrons. The van der Waals surface area contributed by atoms with Gasteiger partial charge < -0.3 is 0 Å². The van der Waals surface area contributed by atoms with Crippen molar-refractivity contribution in [1.29, 1.82) is 0 Å². The summed E-state index contributed by atoms with van der Waals surface area (Å²) in [5, 5.41) is 10.3. The molecule has 0 aromatic heterocycles. The lowest BCUT2D eigenvalue weighted by molar-refractivity contribution is 1.63. The molecule has 1 aliphatic rings. The predicted molar refractivity (Wildman–Crippen MR) is 197 cm³/mol. The third kappa shape index (κ3) is 3.68. The van der Waals surface area contributed by atoms with Crippen molar-refractivity contribution < 1.29 is 0 Å². The van der Waals surface area contributed by atoms with Crippen LogP contribution in [0.4, 0.5) is 0 Å². The van der Waals surface area contributed by atoms with Crippen LogP contribution in [0.3, 0.4) is 0 Å². The molecule has 0 atom stereocenters. The minimum absolute atomic E-state index is 1.23. The van der Waals surface area contributed by atoms with E-state index in [0.29, 0.717) is 0 Å². The number of rotatable bonds is 3. The number of hydrogen-bond donors (Lipinski definition) is 0. The van der Waals surface area contributed by atoms with E-state index in [0.717, 1.165) is 0 Å². The lowest BCUT2D eigenvalue weighted by Crippen LogP contribution is -1.91. The first-order chi connectivity index (χ1) is 22.8. The number of fused-ring (bicyclic) bond motifs is 6. The minimum Gasteiger partial charge on any atom is -0.0616 e. The highest BCUT2D eigenvalue weighted by atomic mass is 14.2. The molecule has 0 nitrogen and oxygen atoms in total. The van der Waals surface area contributed by atoms with E-state index in [1.54, 1.807) is 0 Å². The van der Waals surface area contributed by atoms with Gasteiger partial charge in [0.2, 0.25) is 0 Å². The first-order valence-corrected chi connectivity index (χ1v) is 16.0. The molecule has 9 aromatic carbocycles. The maximum Gasteiger partial charge on any atom is -0.00259 e. The Morgan fingerprint density at radius 1 is 0.239 bits per heavy atom. The Kier molecular flexibility index (Phi) is 5.38. The van der Waals surface area contributed by atoms with Crippen LogP contribution in [0.2, 0.25) is 0 Å². The molecule has 0 saturated heterocycles. The lowest BCUT2D eigenvalue weighted by Gasteiger charge is -2.18. The van der Waals surface area contributed by atoms with E-state index in [2.05, 4.69) is 170 Å². The molecule has 0 N–H and O–H groups in total. The highest BCUT2D eigenvalue weighted by Crippen LogP contribution is 2.49. The van der Waals surface area contributed by atoms with E-state index in [-0.39, 0.29) is 0 Å². The Morgan fingerprint density at radius 2 is 0.717 bits per heavy atom. The van der Waals surface area contributed by atoms with Crippen molar-refractivity contribution in [3.05, 3.63) is 170 Å². The maximum atomic E-state index is 2.38. The van der Waals surface area contributed by atoms with E-state index in [1.807, 2.05) is 0 Å². The van der Waals surface area contributed by atoms with Crippen LogP contribution in [0.5, 0.6) is 0 Å². The van der Waals surface area contributed by atoms with Crippen LogP contribution in [0.25, 0.3) is 98.7 Å². The normalized spacial score (nSPS) is 11.9. The second kappa shape index (κ2) is 9.76. The van der Waals surface area contributed by atoms with Gasteiger partial charge in [0, 0.05) is 0 Å². The van der Waals surface area contributed by atoms with Gasteiger partial charge in [0.25, 0.3) is 0 Å². The molecule has 9 aromatic rings. The number of benzene rings is 9. The topological polar surface area (TPSA) is 0 Å². The van der Waals surface area contributed by atoms with Crippen molar-refractivity contribution >= 4 is 43.1 Å². The molecule has 0 heterocycles. The molecule has 0 heteroatoms. The summed E-state index contributed by atoms with van der Waals surface area (Å²) in [7, 11) is 0. The molecule has 46 heavy (non-hydrogen) atoms. The van der Waals surface area contributed by atoms with Crippen molar-refractivity contribution in [3.8, 4) is 55.6 Å². The molecule has 0 spiro atoms. The van der Waals surface area contributed by atoms with Gasteiger partial charge in [-0.3, -0.25) is 0 Å². The molecular weight excluding hydrogens is 553 g/mol. The van der Waals surface area contributed by atoms with Gasteiger partial charge >= 0.3 is 0 Å². The Labute approximate surface area is 267 Å². The van der Waals surface area contributed by atoms with E-state index in [9.17, 15) is 0 Å². The second-order valence-corrected chi connectivity index (χ2v) is 12.5. The van der Waals surface area contributed by atoms with E-state index >= 15 is 0 Å². The molecule has 0 bridgehead atoms. The smallest absolute Gasteiger partial charge is 0.00259 e. The zero-order valence-corrected chi connectivity index (χ0v) is 25.2. The summed E-state index contributed by atoms with van der Waals surface area (Å²) in [5.41, 5.74) is 12.9. The summed E-state index contributed by atoms with van der Waals surface area (Å²) in [6.07, 6.45) is 0. The molecule has 0 fully saturated rings. The Balaban J connectivity index is 1.15. The van der Waals surface area contributed by atoms with Gasteiger partial charge in [-0.25, -0.2) is 0 Å². The van der Waals surface area contributed by atoms with Crippen LogP contribution in [-0.2, 0) is 0 Å². The third-order valence-electron chi connectivity index (χ3n) is 9.96. The van der Waals surface area contributed by atoms with Crippen LogP contribution in [0, 0.1) is 0 Å². The Bertz CT molecular complexity index is 2620. The van der Waals surface area contributed by atoms with E-state index in [4.69, 9.17) is 0 Å². The predicted octanol–water partition coefficient (Wildman–Crippen LogP) is 12.9. The molecule has 0 saturated carbocycles. The van der Waals surface area contributed by atoms with Gasteiger partial charge in [-0.05, 0) is 117 Å². The monoisotopic (exact) mass is 580 g/mol. The van der Waals surface area contributed by atoms with E-state index in [1.165, 1.54) is 98.7 Å². The summed E-state index contributed by atoms with van der Waals surface area (Å²) in [4.78, 5) is 0. The summed E-state index contributed by atoms with van der Waals surface area (Å²) >= 11 is 0.